The first kappa shape index (κ1) is 15.1. The lowest BCUT2D eigenvalue weighted by Gasteiger charge is -2.34. The van der Waals surface area contributed by atoms with E-state index < -0.39 is 0 Å². The highest BCUT2D eigenvalue weighted by Crippen LogP contribution is 2.22. The van der Waals surface area contributed by atoms with Gasteiger partial charge in [-0.05, 0) is 59.2 Å². The zero-order valence-electron chi connectivity index (χ0n) is 13.0. The second-order valence-electron chi connectivity index (χ2n) is 6.15. The SMILES string of the molecule is Cc1ccc(CN(C(=O)C2CCNC(C)C2)C(C)C)o1. The Labute approximate surface area is 121 Å². The van der Waals surface area contributed by atoms with Gasteiger partial charge >= 0.3 is 0 Å². The Hall–Kier alpha value is -1.29. The minimum absolute atomic E-state index is 0.143. The lowest BCUT2D eigenvalue weighted by Crippen LogP contribution is -2.46. The van der Waals surface area contributed by atoms with Gasteiger partial charge in [-0.3, -0.25) is 4.79 Å². The Bertz CT molecular complexity index is 453. The molecule has 1 aromatic rings. The molecule has 1 fully saturated rings. The molecule has 1 N–H and O–H groups in total. The van der Waals surface area contributed by atoms with E-state index in [9.17, 15) is 4.79 Å². The Morgan fingerprint density at radius 3 is 2.80 bits per heavy atom. The van der Waals surface area contributed by atoms with Crippen molar-refractivity contribution >= 4 is 5.91 Å². The molecule has 0 spiro atoms. The molecule has 0 saturated carbocycles. The van der Waals surface area contributed by atoms with Crippen LogP contribution in [0, 0.1) is 12.8 Å². The second-order valence-corrected chi connectivity index (χ2v) is 6.15. The van der Waals surface area contributed by atoms with Crippen LogP contribution in [-0.2, 0) is 11.3 Å². The maximum absolute atomic E-state index is 12.8. The van der Waals surface area contributed by atoms with Crippen molar-refractivity contribution in [1.82, 2.24) is 10.2 Å². The molecule has 2 atom stereocenters. The van der Waals surface area contributed by atoms with Gasteiger partial charge in [0.2, 0.25) is 5.91 Å². The molecule has 1 saturated heterocycles. The zero-order chi connectivity index (χ0) is 14.7. The molecule has 20 heavy (non-hydrogen) atoms. The lowest BCUT2D eigenvalue weighted by molar-refractivity contribution is -0.139. The van der Waals surface area contributed by atoms with Crippen LogP contribution in [0.4, 0.5) is 0 Å². The normalized spacial score (nSPS) is 23.1. The molecule has 1 amide bonds. The molecule has 2 heterocycles. The summed E-state index contributed by atoms with van der Waals surface area (Å²) in [4.78, 5) is 14.7. The van der Waals surface area contributed by atoms with Gasteiger partial charge in [-0.15, -0.1) is 0 Å². The number of hydrogen-bond donors (Lipinski definition) is 1. The number of hydrogen-bond acceptors (Lipinski definition) is 3. The van der Waals surface area contributed by atoms with Gasteiger partial charge < -0.3 is 14.6 Å². The number of amides is 1. The van der Waals surface area contributed by atoms with Crippen molar-refractivity contribution in [2.24, 2.45) is 5.92 Å². The molecule has 0 aromatic carbocycles. The Morgan fingerprint density at radius 2 is 2.25 bits per heavy atom. The fourth-order valence-electron chi connectivity index (χ4n) is 2.84. The summed E-state index contributed by atoms with van der Waals surface area (Å²) in [5.74, 6) is 2.17. The molecule has 0 bridgehead atoms. The van der Waals surface area contributed by atoms with Crippen molar-refractivity contribution in [1.29, 1.82) is 0 Å². The summed E-state index contributed by atoms with van der Waals surface area (Å²) in [6.07, 6.45) is 1.86. The highest BCUT2D eigenvalue weighted by molar-refractivity contribution is 5.79. The van der Waals surface area contributed by atoms with Gasteiger partial charge in [-0.25, -0.2) is 0 Å². The van der Waals surface area contributed by atoms with Gasteiger partial charge in [0.25, 0.3) is 0 Å². The summed E-state index contributed by atoms with van der Waals surface area (Å²) < 4.78 is 5.62. The lowest BCUT2D eigenvalue weighted by atomic mass is 9.91. The van der Waals surface area contributed by atoms with Crippen LogP contribution in [0.15, 0.2) is 16.5 Å². The molecule has 1 aliphatic rings. The van der Waals surface area contributed by atoms with E-state index in [1.54, 1.807) is 0 Å². The first-order valence-corrected chi connectivity index (χ1v) is 7.56. The molecule has 1 aliphatic heterocycles. The fraction of sp³-hybridized carbons (Fsp3) is 0.688. The molecule has 4 nitrogen and oxygen atoms in total. The van der Waals surface area contributed by atoms with Crippen molar-refractivity contribution < 1.29 is 9.21 Å². The molecular weight excluding hydrogens is 252 g/mol. The predicted molar refractivity (Wildman–Crippen MR) is 79.3 cm³/mol. The minimum atomic E-state index is 0.143. The standard InChI is InChI=1S/C16H26N2O2/c1-11(2)18(10-15-6-5-13(4)20-15)16(19)14-7-8-17-12(3)9-14/h5-6,11-12,14,17H,7-10H2,1-4H3. The third kappa shape index (κ3) is 3.63. The largest absolute Gasteiger partial charge is 0.464 e. The number of nitrogens with zero attached hydrogens (tertiary/aromatic N) is 1. The summed E-state index contributed by atoms with van der Waals surface area (Å²) in [7, 11) is 0. The number of rotatable bonds is 4. The van der Waals surface area contributed by atoms with Crippen molar-refractivity contribution in [3.05, 3.63) is 23.7 Å². The van der Waals surface area contributed by atoms with Gasteiger partial charge in [0.15, 0.2) is 0 Å². The molecule has 0 aliphatic carbocycles. The number of piperidine rings is 1. The van der Waals surface area contributed by atoms with Gasteiger partial charge in [0.1, 0.15) is 11.5 Å². The predicted octanol–water partition coefficient (Wildman–Crippen LogP) is 2.71. The monoisotopic (exact) mass is 278 g/mol. The molecule has 2 rings (SSSR count). The number of nitrogens with one attached hydrogen (secondary N) is 1. The number of carbonyl (C=O) groups is 1. The molecular formula is C16H26N2O2. The summed E-state index contributed by atoms with van der Waals surface area (Å²) >= 11 is 0. The van der Waals surface area contributed by atoms with E-state index in [1.807, 2.05) is 24.0 Å². The molecule has 4 heteroatoms. The van der Waals surface area contributed by atoms with Crippen LogP contribution < -0.4 is 5.32 Å². The van der Waals surface area contributed by atoms with Crippen LogP contribution in [-0.4, -0.2) is 29.4 Å². The minimum Gasteiger partial charge on any atom is -0.464 e. The van der Waals surface area contributed by atoms with E-state index in [-0.39, 0.29) is 17.9 Å². The van der Waals surface area contributed by atoms with E-state index in [1.165, 1.54) is 0 Å². The van der Waals surface area contributed by atoms with Gasteiger partial charge in [0, 0.05) is 18.0 Å². The van der Waals surface area contributed by atoms with Crippen molar-refractivity contribution in [3.63, 3.8) is 0 Å². The van der Waals surface area contributed by atoms with Crippen LogP contribution >= 0.6 is 0 Å². The maximum atomic E-state index is 12.8. The van der Waals surface area contributed by atoms with Crippen LogP contribution in [0.3, 0.4) is 0 Å². The van der Waals surface area contributed by atoms with Crippen LogP contribution in [0.1, 0.15) is 45.1 Å². The molecule has 2 unspecified atom stereocenters. The highest BCUT2D eigenvalue weighted by Gasteiger charge is 2.30. The summed E-state index contributed by atoms with van der Waals surface area (Å²) in [6, 6.07) is 4.53. The zero-order valence-corrected chi connectivity index (χ0v) is 13.0. The van der Waals surface area contributed by atoms with Gasteiger partial charge in [-0.1, -0.05) is 0 Å². The summed E-state index contributed by atoms with van der Waals surface area (Å²) in [6.45, 7) is 9.72. The Morgan fingerprint density at radius 1 is 1.50 bits per heavy atom. The topological polar surface area (TPSA) is 45.5 Å². The maximum Gasteiger partial charge on any atom is 0.226 e. The number of carbonyl (C=O) groups excluding carboxylic acids is 1. The van der Waals surface area contributed by atoms with Crippen molar-refractivity contribution in [2.45, 2.75) is 59.2 Å². The van der Waals surface area contributed by atoms with Crippen molar-refractivity contribution in [2.75, 3.05) is 6.54 Å². The average molecular weight is 278 g/mol. The Balaban J connectivity index is 2.05. The smallest absolute Gasteiger partial charge is 0.226 e. The number of furan rings is 1. The highest BCUT2D eigenvalue weighted by atomic mass is 16.3. The summed E-state index contributed by atoms with van der Waals surface area (Å²) in [5.41, 5.74) is 0. The second kappa shape index (κ2) is 6.44. The third-order valence-corrected chi connectivity index (χ3v) is 4.00. The van der Waals surface area contributed by atoms with Crippen molar-refractivity contribution in [3.8, 4) is 0 Å². The van der Waals surface area contributed by atoms with Gasteiger partial charge in [0.05, 0.1) is 6.54 Å². The van der Waals surface area contributed by atoms with Crippen LogP contribution in [0.2, 0.25) is 0 Å². The molecule has 112 valence electrons. The fourth-order valence-corrected chi connectivity index (χ4v) is 2.84. The van der Waals surface area contributed by atoms with E-state index >= 15 is 0 Å². The first-order valence-electron chi connectivity index (χ1n) is 7.56. The first-order chi connectivity index (χ1) is 9.47. The number of aryl methyl sites for hydroxylation is 1. The Kier molecular flexibility index (Phi) is 4.86. The van der Waals surface area contributed by atoms with Crippen LogP contribution in [0.25, 0.3) is 0 Å². The van der Waals surface area contributed by atoms with Gasteiger partial charge in [-0.2, -0.15) is 0 Å². The quantitative estimate of drug-likeness (QED) is 0.921. The van der Waals surface area contributed by atoms with E-state index in [2.05, 4.69) is 26.1 Å². The molecule has 0 radical (unpaired) electrons. The third-order valence-electron chi connectivity index (χ3n) is 4.00. The van der Waals surface area contributed by atoms with E-state index in [0.29, 0.717) is 12.6 Å². The molecule has 1 aromatic heterocycles. The summed E-state index contributed by atoms with van der Waals surface area (Å²) in [5, 5.41) is 3.40. The van der Waals surface area contributed by atoms with E-state index in [0.717, 1.165) is 30.9 Å². The average Bonchev–Trinajstić information content (AvgIpc) is 2.80. The van der Waals surface area contributed by atoms with E-state index in [4.69, 9.17) is 4.42 Å². The van der Waals surface area contributed by atoms with Crippen LogP contribution in [0.5, 0.6) is 0 Å².